The van der Waals surface area contributed by atoms with Crippen LogP contribution in [0.5, 0.6) is 0 Å². The average Bonchev–Trinajstić information content (AvgIpc) is 2.67. The first-order valence-electron chi connectivity index (χ1n) is 7.92. The third kappa shape index (κ3) is 3.97. The fraction of sp³-hybridized carbons (Fsp3) is 0.278. The highest BCUT2D eigenvalue weighted by Crippen LogP contribution is 2.17. The van der Waals surface area contributed by atoms with Crippen LogP contribution in [-0.2, 0) is 4.74 Å². The van der Waals surface area contributed by atoms with E-state index in [9.17, 15) is 4.79 Å². The van der Waals surface area contributed by atoms with Crippen LogP contribution >= 0.6 is 0 Å². The Morgan fingerprint density at radius 2 is 1.92 bits per heavy atom. The van der Waals surface area contributed by atoms with Gasteiger partial charge < -0.3 is 9.64 Å². The quantitative estimate of drug-likeness (QED) is 0.691. The van der Waals surface area contributed by atoms with Crippen LogP contribution in [0.2, 0.25) is 0 Å². The van der Waals surface area contributed by atoms with E-state index in [0.717, 1.165) is 37.6 Å². The van der Waals surface area contributed by atoms with Crippen molar-refractivity contribution in [2.24, 2.45) is 5.10 Å². The summed E-state index contributed by atoms with van der Waals surface area (Å²) in [6.45, 7) is 5.22. The third-order valence-corrected chi connectivity index (χ3v) is 3.91. The molecule has 1 N–H and O–H groups in total. The van der Waals surface area contributed by atoms with Crippen LogP contribution < -0.4 is 10.3 Å². The van der Waals surface area contributed by atoms with Crippen molar-refractivity contribution in [3.05, 3.63) is 59.9 Å². The van der Waals surface area contributed by atoms with Crippen LogP contribution in [-0.4, -0.2) is 42.9 Å². The van der Waals surface area contributed by atoms with E-state index in [4.69, 9.17) is 4.74 Å². The standard InChI is InChI=1S/C18H20N4O2/c1-14(20-21-18(23)16-3-2-8-19-13-16)15-4-6-17(7-5-15)22-9-11-24-12-10-22/h2-8,13H,9-12H2,1H3,(H,21,23). The van der Waals surface area contributed by atoms with Gasteiger partial charge in [-0.25, -0.2) is 5.43 Å². The molecule has 2 aromatic rings. The highest BCUT2D eigenvalue weighted by molar-refractivity contribution is 6.01. The number of hydrogen-bond acceptors (Lipinski definition) is 5. The lowest BCUT2D eigenvalue weighted by Gasteiger charge is -2.28. The number of hydrazone groups is 1. The smallest absolute Gasteiger partial charge is 0.272 e. The van der Waals surface area contributed by atoms with Gasteiger partial charge in [0.2, 0.25) is 0 Å². The van der Waals surface area contributed by atoms with Crippen molar-refractivity contribution in [3.63, 3.8) is 0 Å². The SMILES string of the molecule is CC(=NNC(=O)c1cccnc1)c1ccc(N2CCOCC2)cc1. The first kappa shape index (κ1) is 16.1. The van der Waals surface area contributed by atoms with E-state index in [-0.39, 0.29) is 5.91 Å². The molecule has 24 heavy (non-hydrogen) atoms. The molecule has 1 fully saturated rings. The number of pyridine rings is 1. The molecule has 0 bridgehead atoms. The predicted octanol–water partition coefficient (Wildman–Crippen LogP) is 2.07. The number of amides is 1. The zero-order valence-electron chi connectivity index (χ0n) is 13.6. The van der Waals surface area contributed by atoms with Gasteiger partial charge in [0.15, 0.2) is 0 Å². The number of nitrogens with zero attached hydrogens (tertiary/aromatic N) is 3. The number of nitrogens with one attached hydrogen (secondary N) is 1. The van der Waals surface area contributed by atoms with Gasteiger partial charge in [-0.1, -0.05) is 12.1 Å². The first-order valence-corrected chi connectivity index (χ1v) is 7.92. The first-order chi connectivity index (χ1) is 11.7. The van der Waals surface area contributed by atoms with E-state index in [2.05, 4.69) is 32.5 Å². The van der Waals surface area contributed by atoms with Crippen molar-refractivity contribution in [1.82, 2.24) is 10.4 Å². The summed E-state index contributed by atoms with van der Waals surface area (Å²) in [7, 11) is 0. The fourth-order valence-electron chi connectivity index (χ4n) is 2.50. The van der Waals surface area contributed by atoms with Crippen LogP contribution in [0, 0.1) is 0 Å². The Balaban J connectivity index is 1.64. The van der Waals surface area contributed by atoms with Gasteiger partial charge in [0.25, 0.3) is 5.91 Å². The molecule has 1 aromatic carbocycles. The number of morpholine rings is 1. The van der Waals surface area contributed by atoms with E-state index in [1.165, 1.54) is 11.9 Å². The second-order valence-electron chi connectivity index (χ2n) is 5.53. The number of benzene rings is 1. The lowest BCUT2D eigenvalue weighted by atomic mass is 10.1. The maximum atomic E-state index is 12.0. The highest BCUT2D eigenvalue weighted by atomic mass is 16.5. The number of carbonyl (C=O) groups is 1. The normalized spacial score (nSPS) is 15.2. The molecule has 3 rings (SSSR count). The molecule has 0 unspecified atom stereocenters. The Hall–Kier alpha value is -2.73. The Labute approximate surface area is 141 Å². The summed E-state index contributed by atoms with van der Waals surface area (Å²) in [5, 5.41) is 4.17. The van der Waals surface area contributed by atoms with E-state index >= 15 is 0 Å². The highest BCUT2D eigenvalue weighted by Gasteiger charge is 2.11. The van der Waals surface area contributed by atoms with E-state index in [0.29, 0.717) is 5.56 Å². The van der Waals surface area contributed by atoms with Gasteiger partial charge >= 0.3 is 0 Å². The number of anilines is 1. The molecular formula is C18H20N4O2. The van der Waals surface area contributed by atoms with Crippen molar-refractivity contribution < 1.29 is 9.53 Å². The van der Waals surface area contributed by atoms with E-state index in [1.54, 1.807) is 18.3 Å². The van der Waals surface area contributed by atoms with Crippen molar-refractivity contribution in [2.45, 2.75) is 6.92 Å². The van der Waals surface area contributed by atoms with Crippen molar-refractivity contribution in [1.29, 1.82) is 0 Å². The maximum absolute atomic E-state index is 12.0. The average molecular weight is 324 g/mol. The van der Waals surface area contributed by atoms with Crippen molar-refractivity contribution in [2.75, 3.05) is 31.2 Å². The minimum absolute atomic E-state index is 0.271. The molecule has 1 aromatic heterocycles. The molecule has 1 aliphatic rings. The van der Waals surface area contributed by atoms with E-state index in [1.807, 2.05) is 19.1 Å². The lowest BCUT2D eigenvalue weighted by molar-refractivity contribution is 0.0954. The van der Waals surface area contributed by atoms with Gasteiger partial charge in [-0.3, -0.25) is 9.78 Å². The van der Waals surface area contributed by atoms with Gasteiger partial charge in [-0.05, 0) is 36.8 Å². The summed E-state index contributed by atoms with van der Waals surface area (Å²) in [5.74, 6) is -0.271. The Kier molecular flexibility index (Phi) is 5.18. The molecule has 1 aliphatic heterocycles. The lowest BCUT2D eigenvalue weighted by Crippen LogP contribution is -2.36. The van der Waals surface area contributed by atoms with Crippen molar-refractivity contribution in [3.8, 4) is 0 Å². The number of ether oxygens (including phenoxy) is 1. The second kappa shape index (κ2) is 7.70. The Bertz CT molecular complexity index is 708. The largest absolute Gasteiger partial charge is 0.378 e. The number of carbonyl (C=O) groups excluding carboxylic acids is 1. The monoisotopic (exact) mass is 324 g/mol. The molecule has 124 valence electrons. The summed E-state index contributed by atoms with van der Waals surface area (Å²) >= 11 is 0. The summed E-state index contributed by atoms with van der Waals surface area (Å²) in [6.07, 6.45) is 3.14. The minimum atomic E-state index is -0.271. The fourth-order valence-corrected chi connectivity index (χ4v) is 2.50. The van der Waals surface area contributed by atoms with Gasteiger partial charge in [0.05, 0.1) is 24.5 Å². The number of hydrogen-bond donors (Lipinski definition) is 1. The van der Waals surface area contributed by atoms with Gasteiger partial charge in [-0.15, -0.1) is 0 Å². The molecule has 2 heterocycles. The minimum Gasteiger partial charge on any atom is -0.378 e. The van der Waals surface area contributed by atoms with E-state index < -0.39 is 0 Å². The van der Waals surface area contributed by atoms with Gasteiger partial charge in [0, 0.05) is 31.2 Å². The molecule has 1 amide bonds. The molecule has 0 saturated carbocycles. The van der Waals surface area contributed by atoms with Crippen LogP contribution in [0.25, 0.3) is 0 Å². The van der Waals surface area contributed by atoms with Crippen LogP contribution in [0.3, 0.4) is 0 Å². The molecule has 6 heteroatoms. The van der Waals surface area contributed by atoms with Crippen LogP contribution in [0.1, 0.15) is 22.8 Å². The Morgan fingerprint density at radius 3 is 2.58 bits per heavy atom. The summed E-state index contributed by atoms with van der Waals surface area (Å²) in [4.78, 5) is 18.2. The number of aromatic nitrogens is 1. The zero-order valence-corrected chi connectivity index (χ0v) is 13.6. The summed E-state index contributed by atoms with van der Waals surface area (Å²) in [6, 6.07) is 11.6. The van der Waals surface area contributed by atoms with Crippen LogP contribution in [0.15, 0.2) is 53.9 Å². The van der Waals surface area contributed by atoms with Gasteiger partial charge in [-0.2, -0.15) is 5.10 Å². The molecule has 1 saturated heterocycles. The second-order valence-corrected chi connectivity index (χ2v) is 5.53. The van der Waals surface area contributed by atoms with Gasteiger partial charge in [0.1, 0.15) is 0 Å². The topological polar surface area (TPSA) is 66.8 Å². The molecule has 0 spiro atoms. The van der Waals surface area contributed by atoms with Crippen LogP contribution in [0.4, 0.5) is 5.69 Å². The molecule has 0 atom stereocenters. The summed E-state index contributed by atoms with van der Waals surface area (Å²) < 4.78 is 5.37. The maximum Gasteiger partial charge on any atom is 0.272 e. The van der Waals surface area contributed by atoms with Crippen molar-refractivity contribution >= 4 is 17.3 Å². The number of rotatable bonds is 4. The zero-order chi connectivity index (χ0) is 16.8. The Morgan fingerprint density at radius 1 is 1.17 bits per heavy atom. The molecule has 0 radical (unpaired) electrons. The molecular weight excluding hydrogens is 304 g/mol. The predicted molar refractivity (Wildman–Crippen MR) is 93.4 cm³/mol. The summed E-state index contributed by atoms with van der Waals surface area (Å²) in [5.41, 5.74) is 5.94. The third-order valence-electron chi connectivity index (χ3n) is 3.91. The molecule has 6 nitrogen and oxygen atoms in total. The molecule has 0 aliphatic carbocycles.